The molecule has 0 saturated carbocycles. The van der Waals surface area contributed by atoms with Gasteiger partial charge in [-0.1, -0.05) is 23.9 Å². The van der Waals surface area contributed by atoms with E-state index in [1.165, 1.54) is 19.2 Å². The van der Waals surface area contributed by atoms with E-state index >= 15 is 0 Å². The summed E-state index contributed by atoms with van der Waals surface area (Å²) in [6.45, 7) is 0. The van der Waals surface area contributed by atoms with Gasteiger partial charge < -0.3 is 4.74 Å². The van der Waals surface area contributed by atoms with Crippen LogP contribution in [0.4, 0.5) is 5.69 Å². The van der Waals surface area contributed by atoms with Crippen molar-refractivity contribution in [3.63, 3.8) is 0 Å². The summed E-state index contributed by atoms with van der Waals surface area (Å²) in [4.78, 5) is 36.8. The van der Waals surface area contributed by atoms with E-state index in [0.29, 0.717) is 11.5 Å². The fraction of sp³-hybridized carbons (Fsp3) is 0.154. The van der Waals surface area contributed by atoms with E-state index in [9.17, 15) is 19.7 Å². The fourth-order valence-electron chi connectivity index (χ4n) is 1.60. The van der Waals surface area contributed by atoms with Gasteiger partial charge in [0.05, 0.1) is 22.0 Å². The van der Waals surface area contributed by atoms with Crippen molar-refractivity contribution >= 4 is 34.4 Å². The van der Waals surface area contributed by atoms with Gasteiger partial charge in [0.2, 0.25) is 0 Å². The van der Waals surface area contributed by atoms with Crippen LogP contribution in [0.2, 0.25) is 0 Å². The number of aliphatic imine (C=N–C) groups is 1. The standard InChI is InChI=1S/C13H10N2O5S/c1-20-12(16)7-10-13(17)14-11(21-10)6-8-2-4-9(5-3-8)15(18)19/h2-5,7H,6H2,1H3/b10-7+. The summed E-state index contributed by atoms with van der Waals surface area (Å²) in [5.41, 5.74) is 0.793. The topological polar surface area (TPSA) is 98.9 Å². The second kappa shape index (κ2) is 6.31. The number of amides is 1. The van der Waals surface area contributed by atoms with Gasteiger partial charge in [0.25, 0.3) is 11.6 Å². The van der Waals surface area contributed by atoms with Crippen molar-refractivity contribution in [1.29, 1.82) is 0 Å². The van der Waals surface area contributed by atoms with Crippen molar-refractivity contribution in [2.24, 2.45) is 4.99 Å². The maximum absolute atomic E-state index is 11.6. The summed E-state index contributed by atoms with van der Waals surface area (Å²) in [7, 11) is 1.22. The number of nitro groups is 1. The maximum Gasteiger partial charge on any atom is 0.331 e. The number of hydrogen-bond acceptors (Lipinski definition) is 6. The first kappa shape index (κ1) is 14.9. The van der Waals surface area contributed by atoms with Crippen LogP contribution in [0.5, 0.6) is 0 Å². The highest BCUT2D eigenvalue weighted by Gasteiger charge is 2.23. The monoisotopic (exact) mass is 306 g/mol. The highest BCUT2D eigenvalue weighted by Crippen LogP contribution is 2.28. The Morgan fingerprint density at radius 3 is 2.67 bits per heavy atom. The number of benzene rings is 1. The molecule has 0 fully saturated rings. The molecule has 1 aromatic rings. The summed E-state index contributed by atoms with van der Waals surface area (Å²) in [5, 5.41) is 11.1. The number of carbonyl (C=O) groups excluding carboxylic acids is 2. The Kier molecular flexibility index (Phi) is 4.49. The molecule has 0 saturated heterocycles. The first-order valence-corrected chi connectivity index (χ1v) is 6.64. The van der Waals surface area contributed by atoms with Gasteiger partial charge in [-0.15, -0.1) is 0 Å². The maximum atomic E-state index is 11.6. The van der Waals surface area contributed by atoms with Gasteiger partial charge in [-0.2, -0.15) is 0 Å². The normalized spacial score (nSPS) is 16.0. The summed E-state index contributed by atoms with van der Waals surface area (Å²) in [6, 6.07) is 5.99. The van der Waals surface area contributed by atoms with Crippen LogP contribution >= 0.6 is 11.8 Å². The summed E-state index contributed by atoms with van der Waals surface area (Å²) in [6.07, 6.45) is 1.46. The molecule has 2 rings (SSSR count). The average Bonchev–Trinajstić information content (AvgIpc) is 2.79. The quantitative estimate of drug-likeness (QED) is 0.364. The number of non-ortho nitro benzene ring substituents is 1. The smallest absolute Gasteiger partial charge is 0.331 e. The second-order valence-electron chi connectivity index (χ2n) is 4.04. The fourth-order valence-corrected chi connectivity index (χ4v) is 2.51. The summed E-state index contributed by atoms with van der Waals surface area (Å²) >= 11 is 1.09. The molecule has 1 aliphatic heterocycles. The van der Waals surface area contributed by atoms with Gasteiger partial charge >= 0.3 is 5.97 Å². The molecule has 0 N–H and O–H groups in total. The zero-order valence-corrected chi connectivity index (χ0v) is 11.8. The molecule has 108 valence electrons. The van der Waals surface area contributed by atoms with Gasteiger partial charge in [-0.25, -0.2) is 9.79 Å². The Balaban J connectivity index is 2.06. The minimum atomic E-state index is -0.613. The number of rotatable bonds is 4. The van der Waals surface area contributed by atoms with E-state index in [1.807, 2.05) is 0 Å². The molecular formula is C13H10N2O5S. The lowest BCUT2D eigenvalue weighted by atomic mass is 10.1. The Morgan fingerprint density at radius 2 is 2.10 bits per heavy atom. The van der Waals surface area contributed by atoms with Crippen molar-refractivity contribution in [3.05, 3.63) is 50.9 Å². The SMILES string of the molecule is COC(=O)/C=C1/SC(Cc2ccc([N+](=O)[O-])cc2)=NC1=O. The van der Waals surface area contributed by atoms with Crippen LogP contribution in [0.1, 0.15) is 5.56 Å². The number of ether oxygens (including phenoxy) is 1. The lowest BCUT2D eigenvalue weighted by molar-refractivity contribution is -0.384. The van der Waals surface area contributed by atoms with Crippen molar-refractivity contribution < 1.29 is 19.2 Å². The lowest BCUT2D eigenvalue weighted by Crippen LogP contribution is -1.98. The van der Waals surface area contributed by atoms with Crippen molar-refractivity contribution in [2.45, 2.75) is 6.42 Å². The van der Waals surface area contributed by atoms with Gasteiger partial charge in [0.1, 0.15) is 0 Å². The molecular weight excluding hydrogens is 296 g/mol. The molecule has 7 nitrogen and oxygen atoms in total. The minimum Gasteiger partial charge on any atom is -0.466 e. The van der Waals surface area contributed by atoms with E-state index in [2.05, 4.69) is 9.73 Å². The minimum absolute atomic E-state index is 0.00196. The average molecular weight is 306 g/mol. The van der Waals surface area contributed by atoms with Crippen LogP contribution in [-0.2, 0) is 20.7 Å². The number of hydrogen-bond donors (Lipinski definition) is 0. The van der Waals surface area contributed by atoms with Crippen molar-refractivity contribution in [3.8, 4) is 0 Å². The second-order valence-corrected chi connectivity index (χ2v) is 5.16. The van der Waals surface area contributed by atoms with Crippen LogP contribution in [0.15, 0.2) is 40.2 Å². The van der Waals surface area contributed by atoms with Crippen LogP contribution in [0.25, 0.3) is 0 Å². The molecule has 0 aliphatic carbocycles. The van der Waals surface area contributed by atoms with E-state index < -0.39 is 16.8 Å². The number of methoxy groups -OCH3 is 1. The zero-order chi connectivity index (χ0) is 15.4. The molecule has 21 heavy (non-hydrogen) atoms. The molecule has 0 unspecified atom stereocenters. The van der Waals surface area contributed by atoms with Gasteiger partial charge in [0, 0.05) is 24.6 Å². The summed E-state index contributed by atoms with van der Waals surface area (Å²) in [5.74, 6) is -1.10. The van der Waals surface area contributed by atoms with E-state index in [4.69, 9.17) is 0 Å². The highest BCUT2D eigenvalue weighted by atomic mass is 32.2. The van der Waals surface area contributed by atoms with Crippen molar-refractivity contribution in [2.75, 3.05) is 7.11 Å². The Bertz CT molecular complexity index is 664. The lowest BCUT2D eigenvalue weighted by Gasteiger charge is -1.99. The zero-order valence-electron chi connectivity index (χ0n) is 10.9. The number of carbonyl (C=O) groups is 2. The molecule has 8 heteroatoms. The number of nitro benzene ring substituents is 1. The third-order valence-corrected chi connectivity index (χ3v) is 3.60. The summed E-state index contributed by atoms with van der Waals surface area (Å²) < 4.78 is 4.45. The predicted molar refractivity (Wildman–Crippen MR) is 76.9 cm³/mol. The molecule has 0 spiro atoms. The number of esters is 1. The van der Waals surface area contributed by atoms with Crippen LogP contribution < -0.4 is 0 Å². The van der Waals surface area contributed by atoms with Gasteiger partial charge in [-0.05, 0) is 5.56 Å². The molecule has 0 atom stereocenters. The molecule has 0 aromatic heterocycles. The number of thioether (sulfide) groups is 1. The third kappa shape index (κ3) is 3.76. The van der Waals surface area contributed by atoms with Crippen LogP contribution in [0.3, 0.4) is 0 Å². The van der Waals surface area contributed by atoms with Gasteiger partial charge in [-0.3, -0.25) is 14.9 Å². The van der Waals surface area contributed by atoms with E-state index in [-0.39, 0.29) is 10.6 Å². The first-order valence-electron chi connectivity index (χ1n) is 5.82. The number of nitrogens with zero attached hydrogens (tertiary/aromatic N) is 2. The molecule has 1 aliphatic rings. The largest absolute Gasteiger partial charge is 0.466 e. The molecule has 1 aromatic carbocycles. The Labute approximate surface area is 123 Å². The molecule has 1 heterocycles. The Morgan fingerprint density at radius 1 is 1.43 bits per heavy atom. The Hall–Kier alpha value is -2.48. The molecule has 1 amide bonds. The highest BCUT2D eigenvalue weighted by molar-refractivity contribution is 8.18. The van der Waals surface area contributed by atoms with Crippen LogP contribution in [0, 0.1) is 10.1 Å². The van der Waals surface area contributed by atoms with E-state index in [0.717, 1.165) is 23.4 Å². The van der Waals surface area contributed by atoms with Crippen LogP contribution in [-0.4, -0.2) is 29.0 Å². The third-order valence-electron chi connectivity index (χ3n) is 2.62. The molecule has 0 radical (unpaired) electrons. The van der Waals surface area contributed by atoms with Gasteiger partial charge in [0.15, 0.2) is 0 Å². The first-order chi connectivity index (χ1) is 9.99. The predicted octanol–water partition coefficient (Wildman–Crippen LogP) is 1.87. The molecule has 0 bridgehead atoms. The van der Waals surface area contributed by atoms with Crippen molar-refractivity contribution in [1.82, 2.24) is 0 Å². The van der Waals surface area contributed by atoms with E-state index in [1.54, 1.807) is 12.1 Å².